The molecule has 0 radical (unpaired) electrons. The normalized spacial score (nSPS) is 11.7. The van der Waals surface area contributed by atoms with E-state index in [1.807, 2.05) is 29.7 Å². The second-order valence-corrected chi connectivity index (χ2v) is 9.97. The number of benzene rings is 2. The van der Waals surface area contributed by atoms with E-state index in [0.717, 1.165) is 18.6 Å². The average molecular weight is 434 g/mol. The Morgan fingerprint density at radius 2 is 1.39 bits per heavy atom. The molecule has 0 aliphatic carbocycles. The number of fused-ring (bicyclic) bond motifs is 2. The first kappa shape index (κ1) is 23.4. The molecule has 3 nitrogen and oxygen atoms in total. The second kappa shape index (κ2) is 10.9. The molecule has 0 saturated carbocycles. The molecule has 0 aliphatic rings. The van der Waals surface area contributed by atoms with Gasteiger partial charge in [-0.05, 0) is 77.0 Å². The molecule has 164 valence electrons. The van der Waals surface area contributed by atoms with Crippen molar-refractivity contribution in [1.29, 1.82) is 0 Å². The van der Waals surface area contributed by atoms with Gasteiger partial charge in [-0.15, -0.1) is 11.3 Å². The van der Waals surface area contributed by atoms with E-state index in [1.165, 1.54) is 25.9 Å². The maximum absolute atomic E-state index is 4.47. The highest BCUT2D eigenvalue weighted by Gasteiger charge is 2.07. The van der Waals surface area contributed by atoms with Crippen LogP contribution in [0.4, 0.5) is 0 Å². The zero-order valence-electron chi connectivity index (χ0n) is 19.7. The van der Waals surface area contributed by atoms with Crippen molar-refractivity contribution in [3.8, 4) is 0 Å². The quantitative estimate of drug-likeness (QED) is 0.333. The van der Waals surface area contributed by atoms with Gasteiger partial charge in [0.05, 0.1) is 5.52 Å². The van der Waals surface area contributed by atoms with Crippen LogP contribution >= 0.6 is 11.3 Å². The second-order valence-electron chi connectivity index (χ2n) is 8.80. The third kappa shape index (κ3) is 6.60. The van der Waals surface area contributed by atoms with Crippen molar-refractivity contribution < 1.29 is 0 Å². The predicted molar refractivity (Wildman–Crippen MR) is 137 cm³/mol. The summed E-state index contributed by atoms with van der Waals surface area (Å²) in [7, 11) is 4.31. The van der Waals surface area contributed by atoms with Gasteiger partial charge in [0.2, 0.25) is 0 Å². The van der Waals surface area contributed by atoms with Crippen molar-refractivity contribution in [1.82, 2.24) is 14.8 Å². The van der Waals surface area contributed by atoms with E-state index in [-0.39, 0.29) is 0 Å². The highest BCUT2D eigenvalue weighted by molar-refractivity contribution is 7.19. The van der Waals surface area contributed by atoms with Crippen LogP contribution < -0.4 is 0 Å². The van der Waals surface area contributed by atoms with Crippen molar-refractivity contribution in [3.63, 3.8) is 0 Å². The summed E-state index contributed by atoms with van der Waals surface area (Å²) in [5, 5.41) is 2.59. The fourth-order valence-corrected chi connectivity index (χ4v) is 4.34. The van der Waals surface area contributed by atoms with Gasteiger partial charge in [0.15, 0.2) is 0 Å². The smallest absolute Gasteiger partial charge is 0.0702 e. The molecule has 0 atom stereocenters. The minimum Gasteiger partial charge on any atom is -0.300 e. The third-order valence-electron chi connectivity index (χ3n) is 5.72. The summed E-state index contributed by atoms with van der Waals surface area (Å²) < 4.78 is 1.39. The Hall–Kier alpha value is -2.27. The summed E-state index contributed by atoms with van der Waals surface area (Å²) in [5.41, 5.74) is 2.34. The van der Waals surface area contributed by atoms with Crippen LogP contribution in [0.1, 0.15) is 38.1 Å². The Bertz CT molecular complexity index is 1070. The lowest BCUT2D eigenvalue weighted by Gasteiger charge is -2.20. The maximum atomic E-state index is 4.47. The molecule has 31 heavy (non-hydrogen) atoms. The monoisotopic (exact) mass is 433 g/mol. The zero-order chi connectivity index (χ0) is 22.4. The molecule has 0 bridgehead atoms. The average Bonchev–Trinajstić information content (AvgIpc) is 3.16. The van der Waals surface area contributed by atoms with Crippen LogP contribution in [0.5, 0.6) is 0 Å². The zero-order valence-corrected chi connectivity index (χ0v) is 20.5. The number of aromatic nitrogens is 1. The van der Waals surface area contributed by atoms with E-state index < -0.39 is 0 Å². The van der Waals surface area contributed by atoms with Crippen molar-refractivity contribution in [2.45, 2.75) is 52.9 Å². The van der Waals surface area contributed by atoms with E-state index >= 15 is 0 Å². The van der Waals surface area contributed by atoms with Gasteiger partial charge in [-0.3, -0.25) is 14.8 Å². The molecule has 0 N–H and O–H groups in total. The summed E-state index contributed by atoms with van der Waals surface area (Å²) >= 11 is 1.90. The lowest BCUT2D eigenvalue weighted by Crippen LogP contribution is -2.25. The van der Waals surface area contributed by atoms with Crippen LogP contribution in [0.2, 0.25) is 0 Å². The van der Waals surface area contributed by atoms with Crippen LogP contribution in [0.3, 0.4) is 0 Å². The van der Waals surface area contributed by atoms with Crippen LogP contribution in [-0.4, -0.2) is 41.0 Å². The Balaban J connectivity index is 0.000000176. The Morgan fingerprint density at radius 1 is 0.774 bits per heavy atom. The lowest BCUT2D eigenvalue weighted by molar-refractivity contribution is 0.265. The van der Waals surface area contributed by atoms with E-state index in [9.17, 15) is 0 Å². The molecule has 0 saturated heterocycles. The first-order chi connectivity index (χ1) is 14.8. The number of rotatable bonds is 6. The summed E-state index contributed by atoms with van der Waals surface area (Å²) in [6.07, 6.45) is 1.97. The third-order valence-corrected chi connectivity index (χ3v) is 6.82. The molecular weight excluding hydrogens is 398 g/mol. The van der Waals surface area contributed by atoms with Crippen LogP contribution in [0.15, 0.2) is 66.9 Å². The topological polar surface area (TPSA) is 19.4 Å². The number of nitrogens with zero attached hydrogens (tertiary/aromatic N) is 3. The van der Waals surface area contributed by atoms with Gasteiger partial charge in [-0.2, -0.15) is 0 Å². The molecule has 0 aliphatic heterocycles. The van der Waals surface area contributed by atoms with Gasteiger partial charge in [0.25, 0.3) is 0 Å². The lowest BCUT2D eigenvalue weighted by atomic mass is 10.1. The summed E-state index contributed by atoms with van der Waals surface area (Å²) in [6, 6.07) is 22.5. The standard InChI is InChI=1S/C14H18N2.C13H17NS/c1-11(2)16(3)10-12-8-13-6-4-5-7-14(13)15-9-12;1-10(2)14(3)9-12-8-11-6-4-5-7-13(11)15-12/h4-9,11H,10H2,1-3H3;4-8,10H,9H2,1-3H3. The van der Waals surface area contributed by atoms with Gasteiger partial charge in [0, 0.05) is 46.3 Å². The first-order valence-electron chi connectivity index (χ1n) is 11.0. The van der Waals surface area contributed by atoms with Crippen molar-refractivity contribution in [2.75, 3.05) is 14.1 Å². The Labute approximate surface area is 191 Å². The number of thiophene rings is 1. The van der Waals surface area contributed by atoms with Gasteiger partial charge < -0.3 is 0 Å². The van der Waals surface area contributed by atoms with E-state index in [1.54, 1.807) is 0 Å². The Morgan fingerprint density at radius 3 is 2.06 bits per heavy atom. The van der Waals surface area contributed by atoms with E-state index in [2.05, 4.69) is 105 Å². The van der Waals surface area contributed by atoms with Gasteiger partial charge >= 0.3 is 0 Å². The molecule has 2 aromatic heterocycles. The molecule has 0 fully saturated rings. The molecule has 0 unspecified atom stereocenters. The molecule has 4 rings (SSSR count). The largest absolute Gasteiger partial charge is 0.300 e. The highest BCUT2D eigenvalue weighted by Crippen LogP contribution is 2.26. The molecular formula is C27H35N3S. The van der Waals surface area contributed by atoms with E-state index in [4.69, 9.17) is 0 Å². The number of hydrogen-bond acceptors (Lipinski definition) is 4. The van der Waals surface area contributed by atoms with Crippen LogP contribution in [0, 0.1) is 0 Å². The first-order valence-corrected chi connectivity index (χ1v) is 11.9. The molecule has 4 aromatic rings. The van der Waals surface area contributed by atoms with Gasteiger partial charge in [0.1, 0.15) is 0 Å². The number of pyridine rings is 1. The van der Waals surface area contributed by atoms with Crippen molar-refractivity contribution in [2.24, 2.45) is 0 Å². The molecule has 0 spiro atoms. The van der Waals surface area contributed by atoms with Gasteiger partial charge in [-0.1, -0.05) is 36.4 Å². The summed E-state index contributed by atoms with van der Waals surface area (Å²) in [6.45, 7) is 10.9. The minimum atomic E-state index is 0.562. The highest BCUT2D eigenvalue weighted by atomic mass is 32.1. The predicted octanol–water partition coefficient (Wildman–Crippen LogP) is 6.82. The fourth-order valence-electron chi connectivity index (χ4n) is 3.22. The molecule has 2 aromatic carbocycles. The summed E-state index contributed by atoms with van der Waals surface area (Å²) in [4.78, 5) is 10.6. The van der Waals surface area contributed by atoms with E-state index in [0.29, 0.717) is 12.1 Å². The number of para-hydroxylation sites is 1. The van der Waals surface area contributed by atoms with Gasteiger partial charge in [-0.25, -0.2) is 0 Å². The SMILES string of the molecule is CC(C)N(C)Cc1cc2ccccc2s1.CC(C)N(C)Cc1cnc2ccccc2c1. The van der Waals surface area contributed by atoms with Crippen LogP contribution in [0.25, 0.3) is 21.0 Å². The molecule has 0 amide bonds. The molecule has 4 heteroatoms. The van der Waals surface area contributed by atoms with Crippen molar-refractivity contribution in [3.05, 3.63) is 77.3 Å². The molecule has 2 heterocycles. The number of hydrogen-bond donors (Lipinski definition) is 0. The maximum Gasteiger partial charge on any atom is 0.0702 e. The van der Waals surface area contributed by atoms with Crippen LogP contribution in [-0.2, 0) is 13.1 Å². The Kier molecular flexibility index (Phi) is 8.19. The fraction of sp³-hybridized carbons (Fsp3) is 0.370. The minimum absolute atomic E-state index is 0.562. The van der Waals surface area contributed by atoms with Crippen molar-refractivity contribution >= 4 is 32.3 Å². The summed E-state index contributed by atoms with van der Waals surface area (Å²) in [5.74, 6) is 0.